The van der Waals surface area contributed by atoms with Crippen LogP contribution in [0.4, 0.5) is 9.80 Å². The third-order valence-electron chi connectivity index (χ3n) is 3.03. The summed E-state index contributed by atoms with van der Waals surface area (Å²) in [5, 5.41) is 3.63. The van der Waals surface area contributed by atoms with E-state index in [1.807, 2.05) is 0 Å². The van der Waals surface area contributed by atoms with Crippen LogP contribution in [0.3, 0.4) is 0 Å². The van der Waals surface area contributed by atoms with Crippen LogP contribution in [-0.4, -0.2) is 36.4 Å². The van der Waals surface area contributed by atoms with Crippen molar-refractivity contribution < 1.29 is 14.3 Å². The smallest absolute Gasteiger partial charge is 0.408 e. The normalized spacial score (nSPS) is 18.7. The first-order valence-electron chi connectivity index (χ1n) is 6.79. The van der Waals surface area contributed by atoms with E-state index in [4.69, 9.17) is 4.74 Å². The molecule has 0 aliphatic carbocycles. The zero-order valence-corrected chi connectivity index (χ0v) is 16.9. The molecule has 0 bridgehead atoms. The SMILES string of the molecule is Cc1c(I)sc2c1SC[C@H](NC(=O)OC(C)(C)C)C(=O)N2C. The largest absolute Gasteiger partial charge is 0.444 e. The number of rotatable bonds is 1. The monoisotopic (exact) mass is 454 g/mol. The maximum absolute atomic E-state index is 12.6. The number of thiophene rings is 1. The van der Waals surface area contributed by atoms with Gasteiger partial charge >= 0.3 is 6.09 Å². The van der Waals surface area contributed by atoms with E-state index in [2.05, 4.69) is 34.8 Å². The third kappa shape index (κ3) is 3.88. The highest BCUT2D eigenvalue weighted by atomic mass is 127. The number of nitrogens with one attached hydrogen (secondary N) is 1. The summed E-state index contributed by atoms with van der Waals surface area (Å²) >= 11 is 5.50. The Hall–Kier alpha value is -0.480. The molecule has 0 saturated carbocycles. The second-order valence-corrected chi connectivity index (χ2v) is 9.88. The highest BCUT2D eigenvalue weighted by molar-refractivity contribution is 14.1. The van der Waals surface area contributed by atoms with Crippen molar-refractivity contribution in [3.05, 3.63) is 8.45 Å². The minimum atomic E-state index is -0.582. The van der Waals surface area contributed by atoms with Gasteiger partial charge in [-0.25, -0.2) is 4.79 Å². The average molecular weight is 454 g/mol. The number of fused-ring (bicyclic) bond motifs is 1. The summed E-state index contributed by atoms with van der Waals surface area (Å²) in [7, 11) is 1.75. The van der Waals surface area contributed by atoms with Gasteiger partial charge in [0.25, 0.3) is 5.91 Å². The first kappa shape index (κ1) is 17.9. The number of hydrogen-bond donors (Lipinski definition) is 1. The van der Waals surface area contributed by atoms with Gasteiger partial charge in [-0.3, -0.25) is 4.79 Å². The molecule has 122 valence electrons. The molecule has 0 fully saturated rings. The lowest BCUT2D eigenvalue weighted by molar-refractivity contribution is -0.119. The van der Waals surface area contributed by atoms with Crippen LogP contribution in [0.2, 0.25) is 0 Å². The lowest BCUT2D eigenvalue weighted by Crippen LogP contribution is -2.49. The van der Waals surface area contributed by atoms with Crippen LogP contribution in [0, 0.1) is 9.81 Å². The van der Waals surface area contributed by atoms with Crippen molar-refractivity contribution in [3.8, 4) is 0 Å². The van der Waals surface area contributed by atoms with E-state index in [0.29, 0.717) is 5.75 Å². The standard InChI is InChI=1S/C14H19IN2O3S2/c1-7-9-12(22-10(7)15)17(5)11(18)8(6-21-9)16-13(19)20-14(2,3)4/h8H,6H2,1-5H3,(H,16,19)/t8-/m0/s1. The highest BCUT2D eigenvalue weighted by Gasteiger charge is 2.33. The summed E-state index contributed by atoms with van der Waals surface area (Å²) in [5.41, 5.74) is 0.616. The topological polar surface area (TPSA) is 58.6 Å². The lowest BCUT2D eigenvalue weighted by Gasteiger charge is -2.24. The van der Waals surface area contributed by atoms with E-state index in [9.17, 15) is 9.59 Å². The Morgan fingerprint density at radius 3 is 2.68 bits per heavy atom. The number of anilines is 1. The van der Waals surface area contributed by atoms with Gasteiger partial charge in [0, 0.05) is 17.7 Å². The number of likely N-dealkylation sites (N-methyl/N-ethyl adjacent to an activating group) is 1. The number of amides is 2. The van der Waals surface area contributed by atoms with Gasteiger partial charge in [-0.15, -0.1) is 23.1 Å². The molecule has 0 unspecified atom stereocenters. The number of carbonyl (C=O) groups is 2. The summed E-state index contributed by atoms with van der Waals surface area (Å²) < 4.78 is 6.43. The molecule has 8 heteroatoms. The molecule has 1 aliphatic heterocycles. The number of carbonyl (C=O) groups excluding carboxylic acids is 2. The van der Waals surface area contributed by atoms with Crippen LogP contribution in [0.25, 0.3) is 0 Å². The van der Waals surface area contributed by atoms with Crippen LogP contribution in [0.5, 0.6) is 0 Å². The minimum Gasteiger partial charge on any atom is -0.444 e. The summed E-state index contributed by atoms with van der Waals surface area (Å²) in [4.78, 5) is 27.2. The van der Waals surface area contributed by atoms with E-state index in [-0.39, 0.29) is 5.91 Å². The maximum atomic E-state index is 12.6. The molecular formula is C14H19IN2O3S2. The molecule has 2 heterocycles. The number of ether oxygens (including phenoxy) is 1. The van der Waals surface area contributed by atoms with Crippen LogP contribution in [0.1, 0.15) is 26.3 Å². The second kappa shape index (κ2) is 6.56. The van der Waals surface area contributed by atoms with Gasteiger partial charge in [0.1, 0.15) is 16.6 Å². The predicted octanol–water partition coefficient (Wildman–Crippen LogP) is 3.62. The van der Waals surface area contributed by atoms with Gasteiger partial charge in [-0.2, -0.15) is 0 Å². The van der Waals surface area contributed by atoms with Crippen LogP contribution in [0.15, 0.2) is 4.90 Å². The molecule has 2 rings (SSSR count). The molecule has 22 heavy (non-hydrogen) atoms. The first-order valence-corrected chi connectivity index (χ1v) is 9.67. The lowest BCUT2D eigenvalue weighted by atomic mass is 10.2. The fourth-order valence-electron chi connectivity index (χ4n) is 1.97. The van der Waals surface area contributed by atoms with E-state index >= 15 is 0 Å². The summed E-state index contributed by atoms with van der Waals surface area (Å²) in [6.45, 7) is 7.45. The molecule has 1 N–H and O–H groups in total. The molecule has 0 aromatic carbocycles. The molecule has 2 amide bonds. The summed E-state index contributed by atoms with van der Waals surface area (Å²) in [6.07, 6.45) is -0.559. The van der Waals surface area contributed by atoms with Crippen molar-refractivity contribution in [2.45, 2.75) is 44.2 Å². The predicted molar refractivity (Wildman–Crippen MR) is 99.1 cm³/mol. The van der Waals surface area contributed by atoms with Gasteiger partial charge in [0.15, 0.2) is 0 Å². The maximum Gasteiger partial charge on any atom is 0.408 e. The minimum absolute atomic E-state index is 0.116. The van der Waals surface area contributed by atoms with Gasteiger partial charge < -0.3 is 15.0 Å². The van der Waals surface area contributed by atoms with Crippen molar-refractivity contribution in [1.82, 2.24) is 5.32 Å². The Kier molecular flexibility index (Phi) is 5.33. The van der Waals surface area contributed by atoms with E-state index < -0.39 is 17.7 Å². The Morgan fingerprint density at radius 2 is 2.09 bits per heavy atom. The van der Waals surface area contributed by atoms with Gasteiger partial charge in [-0.05, 0) is 55.8 Å². The summed E-state index contributed by atoms with van der Waals surface area (Å²) in [6, 6.07) is -0.582. The molecule has 1 atom stereocenters. The van der Waals surface area contributed by atoms with Crippen molar-refractivity contribution in [2.75, 3.05) is 17.7 Å². The zero-order chi connectivity index (χ0) is 16.7. The Labute approximate surface area is 152 Å². The van der Waals surface area contributed by atoms with Crippen LogP contribution < -0.4 is 10.2 Å². The fraction of sp³-hybridized carbons (Fsp3) is 0.571. The highest BCUT2D eigenvalue weighted by Crippen LogP contribution is 2.44. The first-order chi connectivity index (χ1) is 10.1. The molecular weight excluding hydrogens is 435 g/mol. The van der Waals surface area contributed by atoms with Gasteiger partial charge in [0.05, 0.1) is 2.88 Å². The Morgan fingerprint density at radius 1 is 1.45 bits per heavy atom. The van der Waals surface area contributed by atoms with E-state index in [0.717, 1.165) is 9.90 Å². The molecule has 0 spiro atoms. The van der Waals surface area contributed by atoms with Crippen LogP contribution in [-0.2, 0) is 9.53 Å². The van der Waals surface area contributed by atoms with Gasteiger partial charge in [-0.1, -0.05) is 0 Å². The second-order valence-electron chi connectivity index (χ2n) is 6.04. The van der Waals surface area contributed by atoms with Crippen molar-refractivity contribution in [1.29, 1.82) is 0 Å². The van der Waals surface area contributed by atoms with Gasteiger partial charge in [0.2, 0.25) is 0 Å². The Balaban J connectivity index is 2.15. The molecule has 1 aromatic heterocycles. The van der Waals surface area contributed by atoms with Crippen molar-refractivity contribution in [3.63, 3.8) is 0 Å². The zero-order valence-electron chi connectivity index (χ0n) is 13.2. The number of alkyl carbamates (subject to hydrolysis) is 1. The van der Waals surface area contributed by atoms with E-state index in [1.165, 1.54) is 8.45 Å². The number of thioether (sulfide) groups is 1. The number of hydrogen-bond acceptors (Lipinski definition) is 5. The third-order valence-corrected chi connectivity index (χ3v) is 7.08. The molecule has 0 saturated heterocycles. The summed E-state index contributed by atoms with van der Waals surface area (Å²) in [5.74, 6) is 0.387. The molecule has 0 radical (unpaired) electrons. The van der Waals surface area contributed by atoms with E-state index in [1.54, 1.807) is 55.8 Å². The quantitative estimate of drug-likeness (QED) is 0.659. The van der Waals surface area contributed by atoms with Crippen LogP contribution >= 0.6 is 45.7 Å². The van der Waals surface area contributed by atoms with Crippen molar-refractivity contribution in [2.24, 2.45) is 0 Å². The fourth-order valence-corrected chi connectivity index (χ4v) is 5.45. The van der Waals surface area contributed by atoms with Crippen molar-refractivity contribution >= 4 is 62.7 Å². The average Bonchev–Trinajstić information content (AvgIpc) is 2.61. The molecule has 1 aromatic rings. The number of halogens is 1. The Bertz CT molecular complexity index is 610. The molecule has 1 aliphatic rings. The number of nitrogens with zero attached hydrogens (tertiary/aromatic N) is 1. The molecule has 5 nitrogen and oxygen atoms in total.